The van der Waals surface area contributed by atoms with E-state index in [4.69, 9.17) is 4.18 Å². The molecule has 144 valence electrons. The maximum atomic E-state index is 12.6. The van der Waals surface area contributed by atoms with Crippen LogP contribution in [0.4, 0.5) is 0 Å². The van der Waals surface area contributed by atoms with Crippen molar-refractivity contribution in [2.75, 3.05) is 6.61 Å². The highest BCUT2D eigenvalue weighted by Crippen LogP contribution is 2.37. The lowest BCUT2D eigenvalue weighted by atomic mass is 9.82. The molecule has 1 aliphatic carbocycles. The van der Waals surface area contributed by atoms with Crippen molar-refractivity contribution in [2.24, 2.45) is 0 Å². The predicted molar refractivity (Wildman–Crippen MR) is 115 cm³/mol. The van der Waals surface area contributed by atoms with E-state index >= 15 is 0 Å². The summed E-state index contributed by atoms with van der Waals surface area (Å²) >= 11 is 3.33. The number of fused-ring (bicyclic) bond motifs is 3. The summed E-state index contributed by atoms with van der Waals surface area (Å²) in [4.78, 5) is 0.181. The molecule has 1 unspecified atom stereocenters. The molecular weight excluding hydrogens is 436 g/mol. The molecule has 0 bridgehead atoms. The van der Waals surface area contributed by atoms with Gasteiger partial charge >= 0.3 is 0 Å². The van der Waals surface area contributed by atoms with Gasteiger partial charge in [0, 0.05) is 10.4 Å². The first-order valence-electron chi connectivity index (χ1n) is 9.37. The molecule has 0 spiro atoms. The number of halogens is 1. The second-order valence-corrected chi connectivity index (χ2v) is 9.56. The summed E-state index contributed by atoms with van der Waals surface area (Å²) in [6, 6.07) is 23.3. The van der Waals surface area contributed by atoms with E-state index in [0.717, 1.165) is 29.3 Å². The summed E-state index contributed by atoms with van der Waals surface area (Å²) in [6.07, 6.45) is 2.87. The molecule has 0 fully saturated rings. The quantitative estimate of drug-likeness (QED) is 0.456. The molecule has 4 rings (SSSR count). The van der Waals surface area contributed by atoms with Gasteiger partial charge in [0.1, 0.15) is 0 Å². The van der Waals surface area contributed by atoms with Crippen molar-refractivity contribution in [3.05, 3.63) is 88.4 Å². The summed E-state index contributed by atoms with van der Waals surface area (Å²) in [5.74, 6) is 0.0368. The second-order valence-electron chi connectivity index (χ2n) is 7.03. The van der Waals surface area contributed by atoms with E-state index in [1.165, 1.54) is 16.7 Å². The Kier molecular flexibility index (Phi) is 5.67. The van der Waals surface area contributed by atoms with Crippen molar-refractivity contribution >= 4 is 26.0 Å². The van der Waals surface area contributed by atoms with E-state index in [0.29, 0.717) is 0 Å². The highest BCUT2D eigenvalue weighted by molar-refractivity contribution is 9.10. The highest BCUT2D eigenvalue weighted by atomic mass is 79.9. The molecular formula is C23H21BrO3S. The van der Waals surface area contributed by atoms with Gasteiger partial charge in [0.2, 0.25) is 0 Å². The van der Waals surface area contributed by atoms with Crippen LogP contribution < -0.4 is 0 Å². The zero-order valence-electron chi connectivity index (χ0n) is 15.3. The zero-order chi connectivity index (χ0) is 19.6. The summed E-state index contributed by atoms with van der Waals surface area (Å²) < 4.78 is 31.6. The first-order valence-corrected chi connectivity index (χ1v) is 11.6. The largest absolute Gasteiger partial charge is 0.296 e. The van der Waals surface area contributed by atoms with Gasteiger partial charge in [-0.05, 0) is 65.8 Å². The Bertz CT molecular complexity index is 1080. The molecule has 0 radical (unpaired) electrons. The molecule has 0 aromatic heterocycles. The van der Waals surface area contributed by atoms with Crippen LogP contribution in [-0.4, -0.2) is 15.0 Å². The van der Waals surface area contributed by atoms with Crippen LogP contribution in [0.3, 0.4) is 0 Å². The monoisotopic (exact) mass is 456 g/mol. The number of rotatable bonds is 4. The lowest BCUT2D eigenvalue weighted by molar-refractivity contribution is 0.283. The average molecular weight is 457 g/mol. The van der Waals surface area contributed by atoms with E-state index in [1.807, 2.05) is 12.1 Å². The summed E-state index contributed by atoms with van der Waals surface area (Å²) in [7, 11) is -3.78. The highest BCUT2D eigenvalue weighted by Gasteiger charge is 2.24. The fourth-order valence-corrected chi connectivity index (χ4v) is 5.02. The van der Waals surface area contributed by atoms with Gasteiger partial charge in [-0.3, -0.25) is 4.18 Å². The van der Waals surface area contributed by atoms with Gasteiger partial charge in [-0.25, -0.2) is 0 Å². The summed E-state index contributed by atoms with van der Waals surface area (Å²) in [6.45, 7) is 0.150. The molecule has 3 aromatic rings. The fourth-order valence-electron chi connectivity index (χ4n) is 3.81. The summed E-state index contributed by atoms with van der Waals surface area (Å²) in [5.41, 5.74) is 4.91. The third kappa shape index (κ3) is 4.07. The lowest BCUT2D eigenvalue weighted by Gasteiger charge is -2.24. The van der Waals surface area contributed by atoms with Crippen molar-refractivity contribution in [3.63, 3.8) is 0 Å². The van der Waals surface area contributed by atoms with Crippen molar-refractivity contribution in [2.45, 2.75) is 30.1 Å². The molecule has 0 heterocycles. The standard InChI is InChI=1S/C23H21BrO3S/c24-19-12-14-20(15-13-19)28(25,26)27-16-18-8-5-7-17-6-1-2-9-21(17)23-11-4-3-10-22(18)23/h1-4,6,9-15,18H,5,7-8,16H2. The van der Waals surface area contributed by atoms with Crippen molar-refractivity contribution in [3.8, 4) is 11.1 Å². The first kappa shape index (κ1) is 19.4. The van der Waals surface area contributed by atoms with E-state index in [9.17, 15) is 8.42 Å². The zero-order valence-corrected chi connectivity index (χ0v) is 17.7. The van der Waals surface area contributed by atoms with Crippen LogP contribution in [0.5, 0.6) is 0 Å². The number of aryl methyl sites for hydroxylation is 1. The minimum atomic E-state index is -3.78. The maximum absolute atomic E-state index is 12.6. The van der Waals surface area contributed by atoms with Crippen LogP contribution in [0.2, 0.25) is 0 Å². The first-order chi connectivity index (χ1) is 13.5. The SMILES string of the molecule is O=S(=O)(OCC1CCCc2ccccc2-c2ccccc21)c1ccc(Br)cc1. The Labute approximate surface area is 174 Å². The lowest BCUT2D eigenvalue weighted by Crippen LogP contribution is -2.16. The Morgan fingerprint density at radius 1 is 0.893 bits per heavy atom. The van der Waals surface area contributed by atoms with Gasteiger partial charge in [-0.1, -0.05) is 64.5 Å². The molecule has 28 heavy (non-hydrogen) atoms. The maximum Gasteiger partial charge on any atom is 0.296 e. The van der Waals surface area contributed by atoms with Gasteiger partial charge in [-0.2, -0.15) is 8.42 Å². The molecule has 3 nitrogen and oxygen atoms in total. The van der Waals surface area contributed by atoms with Gasteiger partial charge in [0.15, 0.2) is 0 Å². The van der Waals surface area contributed by atoms with Crippen LogP contribution >= 0.6 is 15.9 Å². The Hall–Kier alpha value is -1.95. The van der Waals surface area contributed by atoms with Crippen molar-refractivity contribution < 1.29 is 12.6 Å². The topological polar surface area (TPSA) is 43.4 Å². The van der Waals surface area contributed by atoms with Crippen LogP contribution in [-0.2, 0) is 20.7 Å². The van der Waals surface area contributed by atoms with E-state index in [1.54, 1.807) is 24.3 Å². The molecule has 1 aliphatic rings. The second kappa shape index (κ2) is 8.19. The minimum absolute atomic E-state index is 0.0368. The van der Waals surface area contributed by atoms with Gasteiger partial charge in [-0.15, -0.1) is 0 Å². The molecule has 0 saturated heterocycles. The Morgan fingerprint density at radius 2 is 1.57 bits per heavy atom. The molecule has 0 saturated carbocycles. The Morgan fingerprint density at radius 3 is 2.36 bits per heavy atom. The van der Waals surface area contributed by atoms with Crippen LogP contribution in [0, 0.1) is 0 Å². The average Bonchev–Trinajstić information content (AvgIpc) is 2.70. The Balaban J connectivity index is 1.62. The number of hydrogen-bond acceptors (Lipinski definition) is 3. The van der Waals surface area contributed by atoms with E-state index in [2.05, 4.69) is 52.3 Å². The molecule has 0 N–H and O–H groups in total. The van der Waals surface area contributed by atoms with Crippen molar-refractivity contribution in [1.82, 2.24) is 0 Å². The third-order valence-corrected chi connectivity index (χ3v) is 7.06. The van der Waals surface area contributed by atoms with Gasteiger partial charge < -0.3 is 0 Å². The van der Waals surface area contributed by atoms with Gasteiger partial charge in [0.25, 0.3) is 10.1 Å². The predicted octanol–water partition coefficient (Wildman–Crippen LogP) is 5.94. The molecule has 0 amide bonds. The fraction of sp³-hybridized carbons (Fsp3) is 0.217. The van der Waals surface area contributed by atoms with Crippen LogP contribution in [0.25, 0.3) is 11.1 Å². The minimum Gasteiger partial charge on any atom is -0.266 e. The van der Waals surface area contributed by atoms with Gasteiger partial charge in [0.05, 0.1) is 11.5 Å². The summed E-state index contributed by atoms with van der Waals surface area (Å²) in [5, 5.41) is 0. The molecule has 5 heteroatoms. The molecule has 1 atom stereocenters. The normalized spacial score (nSPS) is 16.5. The van der Waals surface area contributed by atoms with Crippen molar-refractivity contribution in [1.29, 1.82) is 0 Å². The van der Waals surface area contributed by atoms with E-state index < -0.39 is 10.1 Å². The third-order valence-electron chi connectivity index (χ3n) is 5.23. The van der Waals surface area contributed by atoms with Crippen LogP contribution in [0.1, 0.15) is 29.9 Å². The number of benzene rings is 3. The smallest absolute Gasteiger partial charge is 0.266 e. The number of hydrogen-bond donors (Lipinski definition) is 0. The van der Waals surface area contributed by atoms with E-state index in [-0.39, 0.29) is 17.4 Å². The van der Waals surface area contributed by atoms with Crippen LogP contribution in [0.15, 0.2) is 82.2 Å². The molecule has 3 aromatic carbocycles. The molecule has 0 aliphatic heterocycles.